The first-order valence-electron chi connectivity index (χ1n) is 9.87. The molecule has 1 heterocycles. The Hall–Kier alpha value is -2.02. The predicted octanol–water partition coefficient (Wildman–Crippen LogP) is 6.51. The topological polar surface area (TPSA) is 46.4 Å². The first-order valence-corrected chi connectivity index (χ1v) is 12.2. The summed E-state index contributed by atoms with van der Waals surface area (Å²) in [4.78, 5) is 12.1. The molecule has 0 spiro atoms. The number of hydrogen-bond donors (Lipinski definition) is 1. The average Bonchev–Trinajstić information content (AvgIpc) is 2.93. The zero-order chi connectivity index (χ0) is 22.5. The van der Waals surface area contributed by atoms with E-state index in [1.165, 1.54) is 28.6 Å². The lowest BCUT2D eigenvalue weighted by atomic mass is 10.1. The minimum Gasteiger partial charge on any atom is -0.316 e. The van der Waals surface area contributed by atoms with Gasteiger partial charge in [-0.3, -0.25) is 4.79 Å². The highest BCUT2D eigenvalue weighted by atomic mass is 79.9. The molecule has 1 N–H and O–H groups in total. The number of aromatic nitrogens is 1. The molecule has 31 heavy (non-hydrogen) atoms. The molecule has 0 saturated heterocycles. The molecule has 7 heteroatoms. The van der Waals surface area contributed by atoms with Gasteiger partial charge in [-0.1, -0.05) is 41.9 Å². The molecular weight excluding hydrogens is 494 g/mol. The molecule has 2 aromatic carbocycles. The first kappa shape index (κ1) is 23.6. The van der Waals surface area contributed by atoms with Gasteiger partial charge in [-0.2, -0.15) is 5.10 Å². The van der Waals surface area contributed by atoms with Crippen molar-refractivity contribution < 1.29 is 4.79 Å². The van der Waals surface area contributed by atoms with Crippen molar-refractivity contribution >= 4 is 51.4 Å². The SMILES string of the molecule is Cc1cccc(C)c1-n1c(C)c(Br)c(/C=N\NC(=O)CSCc2ccc(Cl)cc2)c1C. The van der Waals surface area contributed by atoms with E-state index in [4.69, 9.17) is 11.6 Å². The molecule has 3 aromatic rings. The van der Waals surface area contributed by atoms with Gasteiger partial charge in [-0.25, -0.2) is 5.43 Å². The minimum absolute atomic E-state index is 0.130. The molecule has 0 atom stereocenters. The molecule has 0 fully saturated rings. The summed E-state index contributed by atoms with van der Waals surface area (Å²) in [6.45, 7) is 8.37. The van der Waals surface area contributed by atoms with E-state index in [1.807, 2.05) is 24.3 Å². The second-order valence-corrected chi connectivity index (χ2v) is 9.60. The standard InChI is InChI=1S/C24H25BrClN3OS/c1-15-6-5-7-16(2)24(15)29-17(3)21(23(25)18(29)4)12-27-28-22(30)14-31-13-19-8-10-20(26)11-9-19/h5-12H,13-14H2,1-4H3,(H,28,30)/b27-12-. The molecule has 1 amide bonds. The summed E-state index contributed by atoms with van der Waals surface area (Å²) >= 11 is 11.1. The lowest BCUT2D eigenvalue weighted by Gasteiger charge is -2.15. The monoisotopic (exact) mass is 517 g/mol. The van der Waals surface area contributed by atoms with Crippen LogP contribution in [0.3, 0.4) is 0 Å². The van der Waals surface area contributed by atoms with Crippen LogP contribution in [0.15, 0.2) is 52.0 Å². The van der Waals surface area contributed by atoms with Gasteiger partial charge in [0, 0.05) is 32.2 Å². The van der Waals surface area contributed by atoms with E-state index < -0.39 is 0 Å². The molecule has 0 aliphatic rings. The molecule has 0 bridgehead atoms. The number of halogens is 2. The van der Waals surface area contributed by atoms with E-state index in [0.29, 0.717) is 10.8 Å². The molecule has 0 unspecified atom stereocenters. The number of carbonyl (C=O) groups excluding carboxylic acids is 1. The third-order valence-corrected chi connectivity index (χ3v) is 7.33. The van der Waals surface area contributed by atoms with Crippen LogP contribution < -0.4 is 5.43 Å². The predicted molar refractivity (Wildman–Crippen MR) is 136 cm³/mol. The summed E-state index contributed by atoms with van der Waals surface area (Å²) in [5, 5.41) is 4.91. The van der Waals surface area contributed by atoms with Crippen LogP contribution >= 0.6 is 39.3 Å². The molecule has 4 nitrogen and oxygen atoms in total. The van der Waals surface area contributed by atoms with Crippen LogP contribution in [0, 0.1) is 27.7 Å². The largest absolute Gasteiger partial charge is 0.316 e. The molecule has 1 aromatic heterocycles. The number of rotatable bonds is 7. The van der Waals surface area contributed by atoms with Crippen LogP contribution in [0.5, 0.6) is 0 Å². The van der Waals surface area contributed by atoms with Gasteiger partial charge in [-0.05, 0) is 72.4 Å². The summed E-state index contributed by atoms with van der Waals surface area (Å²) in [6, 6.07) is 13.9. The van der Waals surface area contributed by atoms with Crippen LogP contribution in [0.25, 0.3) is 5.69 Å². The number of aryl methyl sites for hydroxylation is 2. The highest BCUT2D eigenvalue weighted by molar-refractivity contribution is 9.10. The van der Waals surface area contributed by atoms with Gasteiger partial charge in [0.1, 0.15) is 0 Å². The third-order valence-electron chi connectivity index (χ3n) is 5.08. The Morgan fingerprint density at radius 3 is 2.39 bits per heavy atom. The van der Waals surface area contributed by atoms with E-state index >= 15 is 0 Å². The van der Waals surface area contributed by atoms with E-state index in [0.717, 1.165) is 32.7 Å². The fourth-order valence-electron chi connectivity index (χ4n) is 3.51. The van der Waals surface area contributed by atoms with Crippen molar-refractivity contribution in [2.45, 2.75) is 33.4 Å². The summed E-state index contributed by atoms with van der Waals surface area (Å²) in [7, 11) is 0. The van der Waals surface area contributed by atoms with Gasteiger partial charge in [0.2, 0.25) is 5.91 Å². The van der Waals surface area contributed by atoms with Crippen molar-refractivity contribution in [3.05, 3.63) is 85.6 Å². The second-order valence-electron chi connectivity index (χ2n) is 7.39. The number of hydrogen-bond acceptors (Lipinski definition) is 3. The quantitative estimate of drug-likeness (QED) is 0.286. The Labute approximate surface area is 201 Å². The number of nitrogens with zero attached hydrogens (tertiary/aromatic N) is 2. The van der Waals surface area contributed by atoms with E-state index in [-0.39, 0.29) is 5.91 Å². The maximum atomic E-state index is 12.1. The normalized spacial score (nSPS) is 11.3. The summed E-state index contributed by atoms with van der Waals surface area (Å²) in [5.74, 6) is 0.953. The number of amides is 1. The van der Waals surface area contributed by atoms with E-state index in [1.54, 1.807) is 6.21 Å². The second kappa shape index (κ2) is 10.5. The van der Waals surface area contributed by atoms with Crippen molar-refractivity contribution in [1.29, 1.82) is 0 Å². The highest BCUT2D eigenvalue weighted by Crippen LogP contribution is 2.32. The maximum absolute atomic E-state index is 12.1. The molecule has 0 aliphatic heterocycles. The molecule has 3 rings (SSSR count). The van der Waals surface area contributed by atoms with Gasteiger partial charge in [-0.15, -0.1) is 11.8 Å². The number of nitrogens with one attached hydrogen (secondary N) is 1. The number of benzene rings is 2. The van der Waals surface area contributed by atoms with Crippen molar-refractivity contribution in [2.24, 2.45) is 5.10 Å². The Morgan fingerprint density at radius 1 is 1.10 bits per heavy atom. The lowest BCUT2D eigenvalue weighted by molar-refractivity contribution is -0.118. The molecule has 0 radical (unpaired) electrons. The van der Waals surface area contributed by atoms with Crippen molar-refractivity contribution in [3.8, 4) is 5.69 Å². The number of thioether (sulfide) groups is 1. The Kier molecular flexibility index (Phi) is 8.03. The van der Waals surface area contributed by atoms with Crippen LogP contribution in [0.2, 0.25) is 5.02 Å². The minimum atomic E-state index is -0.130. The smallest absolute Gasteiger partial charge is 0.250 e. The molecule has 0 aliphatic carbocycles. The van der Waals surface area contributed by atoms with Crippen molar-refractivity contribution in [1.82, 2.24) is 9.99 Å². The van der Waals surface area contributed by atoms with Gasteiger partial charge >= 0.3 is 0 Å². The van der Waals surface area contributed by atoms with Crippen LogP contribution in [-0.4, -0.2) is 22.4 Å². The molecule has 0 saturated carbocycles. The van der Waals surface area contributed by atoms with E-state index in [9.17, 15) is 4.79 Å². The first-order chi connectivity index (χ1) is 14.8. The Morgan fingerprint density at radius 2 is 1.74 bits per heavy atom. The van der Waals surface area contributed by atoms with Crippen LogP contribution in [0.1, 0.15) is 33.6 Å². The summed E-state index contributed by atoms with van der Waals surface area (Å²) in [6.07, 6.45) is 1.71. The van der Waals surface area contributed by atoms with Crippen molar-refractivity contribution in [3.63, 3.8) is 0 Å². The highest BCUT2D eigenvalue weighted by Gasteiger charge is 2.18. The van der Waals surface area contributed by atoms with Crippen LogP contribution in [-0.2, 0) is 10.5 Å². The van der Waals surface area contributed by atoms with E-state index in [2.05, 4.69) is 76.9 Å². The van der Waals surface area contributed by atoms with Crippen molar-refractivity contribution in [2.75, 3.05) is 5.75 Å². The Balaban J connectivity index is 1.66. The lowest BCUT2D eigenvalue weighted by Crippen LogP contribution is -2.19. The Bertz CT molecular complexity index is 1100. The van der Waals surface area contributed by atoms with Gasteiger partial charge in [0.05, 0.1) is 17.7 Å². The summed E-state index contributed by atoms with van der Waals surface area (Å²) < 4.78 is 3.21. The fraction of sp³-hybridized carbons (Fsp3) is 0.250. The third kappa shape index (κ3) is 5.62. The molecule has 162 valence electrons. The number of para-hydroxylation sites is 1. The number of carbonyl (C=O) groups is 1. The molecular formula is C24H25BrClN3OS. The van der Waals surface area contributed by atoms with Gasteiger partial charge in [0.15, 0.2) is 0 Å². The average molecular weight is 519 g/mol. The zero-order valence-corrected chi connectivity index (χ0v) is 21.2. The number of hydrazone groups is 1. The van der Waals surface area contributed by atoms with Crippen LogP contribution in [0.4, 0.5) is 0 Å². The van der Waals surface area contributed by atoms with Gasteiger partial charge < -0.3 is 4.57 Å². The summed E-state index contributed by atoms with van der Waals surface area (Å²) in [5.41, 5.74) is 10.5. The maximum Gasteiger partial charge on any atom is 0.250 e. The van der Waals surface area contributed by atoms with Gasteiger partial charge in [0.25, 0.3) is 0 Å². The fourth-order valence-corrected chi connectivity index (χ4v) is 4.98. The zero-order valence-electron chi connectivity index (χ0n) is 18.0.